The van der Waals surface area contributed by atoms with Crippen molar-refractivity contribution in [3.8, 4) is 16.9 Å². The minimum atomic E-state index is -1.31. The predicted octanol–water partition coefficient (Wildman–Crippen LogP) is 3.83. The average molecular weight is 754 g/mol. The number of aliphatic carboxylic acids is 1. The van der Waals surface area contributed by atoms with Crippen molar-refractivity contribution in [2.75, 3.05) is 6.61 Å². The number of benzene rings is 4. The van der Waals surface area contributed by atoms with Gasteiger partial charge >= 0.3 is 5.97 Å². The lowest BCUT2D eigenvalue weighted by Gasteiger charge is -2.26. The highest BCUT2D eigenvalue weighted by Gasteiger charge is 2.32. The van der Waals surface area contributed by atoms with Crippen LogP contribution in [0.5, 0.6) is 5.75 Å². The van der Waals surface area contributed by atoms with Crippen LogP contribution < -0.4 is 26.0 Å². The second-order valence-corrected chi connectivity index (χ2v) is 13.6. The fraction of sp³-hybridized carbons (Fsp3) is 0.227. The molecule has 0 radical (unpaired) electrons. The van der Waals surface area contributed by atoms with E-state index < -0.39 is 60.4 Å². The summed E-state index contributed by atoms with van der Waals surface area (Å²) in [7, 11) is 0. The number of pyridine rings is 1. The number of nitrogens with one attached hydrogen (secondary N) is 4. The molecule has 4 atom stereocenters. The van der Waals surface area contributed by atoms with Gasteiger partial charge in [-0.1, -0.05) is 97.1 Å². The molecule has 1 aromatic heterocycles. The van der Waals surface area contributed by atoms with Crippen molar-refractivity contribution >= 4 is 29.6 Å². The van der Waals surface area contributed by atoms with Gasteiger partial charge in [-0.05, 0) is 70.5 Å². The third kappa shape index (κ3) is 11.1. The molecule has 12 heteroatoms. The summed E-state index contributed by atoms with van der Waals surface area (Å²) in [5.41, 5.74) is 4.94. The quantitative estimate of drug-likeness (QED) is 0.141. The summed E-state index contributed by atoms with van der Waals surface area (Å²) in [5, 5.41) is 21.2. The zero-order chi connectivity index (χ0) is 39.3. The summed E-state index contributed by atoms with van der Waals surface area (Å²) >= 11 is 0. The molecule has 0 aliphatic carbocycles. The highest BCUT2D eigenvalue weighted by molar-refractivity contribution is 5.95. The average Bonchev–Trinajstić information content (AvgIpc) is 3.22. The first-order valence-electron chi connectivity index (χ1n) is 18.4. The lowest BCUT2D eigenvalue weighted by molar-refractivity contribution is -0.142. The van der Waals surface area contributed by atoms with Crippen molar-refractivity contribution in [1.29, 1.82) is 0 Å². The van der Waals surface area contributed by atoms with E-state index in [1.165, 1.54) is 0 Å². The van der Waals surface area contributed by atoms with E-state index in [9.17, 15) is 29.1 Å². The Bertz CT molecular complexity index is 2100. The molecule has 56 heavy (non-hydrogen) atoms. The van der Waals surface area contributed by atoms with E-state index in [0.717, 1.165) is 27.8 Å². The maximum atomic E-state index is 14.3. The molecule has 0 saturated carbocycles. The molecular weight excluding hydrogens is 711 g/mol. The van der Waals surface area contributed by atoms with Crippen LogP contribution in [-0.2, 0) is 49.7 Å². The first-order chi connectivity index (χ1) is 27.2. The maximum absolute atomic E-state index is 14.3. The highest BCUT2D eigenvalue weighted by atomic mass is 16.5. The van der Waals surface area contributed by atoms with Gasteiger partial charge in [-0.2, -0.15) is 0 Å². The summed E-state index contributed by atoms with van der Waals surface area (Å²) in [5.74, 6) is -3.44. The second-order valence-electron chi connectivity index (χ2n) is 13.6. The van der Waals surface area contributed by atoms with Crippen molar-refractivity contribution in [2.45, 2.75) is 56.3 Å². The van der Waals surface area contributed by atoms with Gasteiger partial charge in [-0.25, -0.2) is 4.79 Å². The number of rotatable bonds is 9. The van der Waals surface area contributed by atoms with Crippen LogP contribution in [0.25, 0.3) is 11.1 Å². The number of hydrogen-bond donors (Lipinski definition) is 5. The summed E-state index contributed by atoms with van der Waals surface area (Å²) in [6, 6.07) is 32.0. The molecule has 0 spiro atoms. The van der Waals surface area contributed by atoms with E-state index in [1.54, 1.807) is 48.8 Å². The Morgan fingerprint density at radius 3 is 1.80 bits per heavy atom. The van der Waals surface area contributed by atoms with E-state index in [0.29, 0.717) is 17.7 Å². The van der Waals surface area contributed by atoms with Crippen molar-refractivity contribution in [3.05, 3.63) is 156 Å². The highest BCUT2D eigenvalue weighted by Crippen LogP contribution is 2.20. The Hall–Kier alpha value is -6.82. The van der Waals surface area contributed by atoms with Gasteiger partial charge in [-0.15, -0.1) is 0 Å². The van der Waals surface area contributed by atoms with Crippen LogP contribution in [0.2, 0.25) is 0 Å². The lowest BCUT2D eigenvalue weighted by atomic mass is 9.98. The van der Waals surface area contributed by atoms with E-state index in [1.807, 2.05) is 84.9 Å². The molecule has 0 saturated heterocycles. The maximum Gasteiger partial charge on any atom is 0.326 e. The van der Waals surface area contributed by atoms with Gasteiger partial charge < -0.3 is 31.1 Å². The number of amides is 4. The topological polar surface area (TPSA) is 176 Å². The number of aromatic nitrogens is 1. The van der Waals surface area contributed by atoms with Crippen molar-refractivity contribution in [2.24, 2.45) is 0 Å². The van der Waals surface area contributed by atoms with Gasteiger partial charge in [0.2, 0.25) is 17.7 Å². The van der Waals surface area contributed by atoms with Crippen LogP contribution in [0.15, 0.2) is 134 Å². The van der Waals surface area contributed by atoms with E-state index in [4.69, 9.17) is 4.74 Å². The number of ether oxygens (including phenoxy) is 1. The summed E-state index contributed by atoms with van der Waals surface area (Å²) < 4.78 is 5.69. The zero-order valence-corrected chi connectivity index (χ0v) is 30.6. The minimum absolute atomic E-state index is 0.0461. The number of aryl methyl sites for hydroxylation is 1. The monoisotopic (exact) mass is 753 g/mol. The molecule has 4 amide bonds. The number of fused-ring (bicyclic) bond motifs is 16. The van der Waals surface area contributed by atoms with E-state index >= 15 is 0 Å². The number of carbonyl (C=O) groups is 5. The Morgan fingerprint density at radius 1 is 0.607 bits per heavy atom. The van der Waals surface area contributed by atoms with Crippen molar-refractivity contribution < 1.29 is 33.8 Å². The molecule has 0 unspecified atom stereocenters. The smallest absolute Gasteiger partial charge is 0.326 e. The summed E-state index contributed by atoms with van der Waals surface area (Å²) in [6.07, 6.45) is 3.80. The Morgan fingerprint density at radius 2 is 1.16 bits per heavy atom. The number of hydrogen-bond acceptors (Lipinski definition) is 7. The van der Waals surface area contributed by atoms with Crippen LogP contribution in [0.4, 0.5) is 0 Å². The van der Waals surface area contributed by atoms with Gasteiger partial charge in [0.15, 0.2) is 6.61 Å². The minimum Gasteiger partial charge on any atom is -0.484 e. The number of carboxylic acid groups (broad SMARTS) is 1. The molecule has 7 rings (SSSR count). The van der Waals surface area contributed by atoms with Gasteiger partial charge in [0.1, 0.15) is 29.9 Å². The van der Waals surface area contributed by atoms with Gasteiger partial charge in [0.05, 0.1) is 0 Å². The fourth-order valence-corrected chi connectivity index (χ4v) is 6.46. The Balaban J connectivity index is 1.33. The molecule has 2 aliphatic rings. The fourth-order valence-electron chi connectivity index (χ4n) is 6.46. The molecule has 5 aromatic rings. The molecular formula is C44H43N5O7. The summed E-state index contributed by atoms with van der Waals surface area (Å²) in [6.45, 7) is -0.409. The third-order valence-corrected chi connectivity index (χ3v) is 9.52. The van der Waals surface area contributed by atoms with Crippen LogP contribution in [0.1, 0.15) is 28.7 Å². The molecule has 2 bridgehead atoms. The summed E-state index contributed by atoms with van der Waals surface area (Å²) in [4.78, 5) is 72.1. The Labute approximate surface area is 324 Å². The molecule has 12 nitrogen and oxygen atoms in total. The first kappa shape index (κ1) is 38.9. The number of carboxylic acids is 1. The molecule has 0 fully saturated rings. The second kappa shape index (κ2) is 19.0. The lowest BCUT2D eigenvalue weighted by Crippen LogP contribution is -2.59. The first-order valence-corrected chi connectivity index (χ1v) is 18.4. The van der Waals surface area contributed by atoms with E-state index in [-0.39, 0.29) is 25.7 Å². The van der Waals surface area contributed by atoms with Crippen molar-refractivity contribution in [3.63, 3.8) is 0 Å². The molecule has 3 heterocycles. The van der Waals surface area contributed by atoms with Crippen LogP contribution in [-0.4, -0.2) is 70.5 Å². The standard InChI is InChI=1S/C44H43N5O7/c50-40-28-56-35-18-13-31(14-19-35)27-39(44(54)55)49-41(51)36(20-15-29-7-3-1-4-8-29)47-43(53)38(48-42(52)37(46-40)26-32-21-23-45-24-22-32)25-30-11-16-34(17-12-30)33-9-5-2-6-10-33/h1-14,16-19,21-24,36-39H,15,20,25-28H2,(H,46,50)(H,47,53)(H,48,52)(H,49,51)(H,54,55)/t36-,37-,38+,39+/m1/s1. The van der Waals surface area contributed by atoms with Crippen LogP contribution >= 0.6 is 0 Å². The normalized spacial score (nSPS) is 19.5. The van der Waals surface area contributed by atoms with Crippen molar-refractivity contribution in [1.82, 2.24) is 26.3 Å². The van der Waals surface area contributed by atoms with Crippen LogP contribution in [0.3, 0.4) is 0 Å². The SMILES string of the molecule is O=C1COc2ccc(cc2)C[C@@H](C(=O)O)NC(=O)[C@@H](CCc2ccccc2)NC(=O)[C@H](Cc2ccc(-c3ccccc3)cc2)NC(=O)[C@@H](Cc2ccncc2)N1. The third-order valence-electron chi connectivity index (χ3n) is 9.52. The molecule has 2 aliphatic heterocycles. The van der Waals surface area contributed by atoms with Crippen LogP contribution in [0, 0.1) is 0 Å². The molecule has 286 valence electrons. The molecule has 5 N–H and O–H groups in total. The predicted molar refractivity (Wildman–Crippen MR) is 209 cm³/mol. The zero-order valence-electron chi connectivity index (χ0n) is 30.6. The van der Waals surface area contributed by atoms with Gasteiger partial charge in [0.25, 0.3) is 5.91 Å². The Kier molecular flexibility index (Phi) is 13.2. The van der Waals surface area contributed by atoms with E-state index in [2.05, 4.69) is 26.3 Å². The van der Waals surface area contributed by atoms with Gasteiger partial charge in [-0.3, -0.25) is 24.2 Å². The molecule has 4 aromatic carbocycles. The largest absolute Gasteiger partial charge is 0.484 e. The number of nitrogens with zero attached hydrogens (tertiary/aromatic N) is 1. The van der Waals surface area contributed by atoms with Gasteiger partial charge in [0, 0.05) is 31.7 Å². The number of carbonyl (C=O) groups excluding carboxylic acids is 4.